The van der Waals surface area contributed by atoms with E-state index in [9.17, 15) is 4.79 Å². The highest BCUT2D eigenvalue weighted by molar-refractivity contribution is 5.89. The molecule has 0 radical (unpaired) electrons. The molecule has 0 heterocycles. The van der Waals surface area contributed by atoms with Crippen LogP contribution < -0.4 is 0 Å². The van der Waals surface area contributed by atoms with Gasteiger partial charge in [-0.1, -0.05) is 6.07 Å². The molecular formula is C11H14O3. The third-order valence-corrected chi connectivity index (χ3v) is 2.03. The molecule has 0 aliphatic heterocycles. The summed E-state index contributed by atoms with van der Waals surface area (Å²) in [5.41, 5.74) is 2.22. The van der Waals surface area contributed by atoms with Crippen LogP contribution in [0.4, 0.5) is 0 Å². The van der Waals surface area contributed by atoms with Crippen molar-refractivity contribution in [3.05, 3.63) is 34.9 Å². The lowest BCUT2D eigenvalue weighted by atomic mass is 10.1. The fourth-order valence-electron chi connectivity index (χ4n) is 1.18. The SMILES string of the molecule is CCOC(=O)c1ccc(C)c(CO)c1. The molecule has 1 rings (SSSR count). The highest BCUT2D eigenvalue weighted by Gasteiger charge is 2.07. The van der Waals surface area contributed by atoms with Gasteiger partial charge >= 0.3 is 5.97 Å². The molecule has 0 amide bonds. The lowest BCUT2D eigenvalue weighted by Gasteiger charge is -2.05. The number of hydrogen-bond donors (Lipinski definition) is 1. The van der Waals surface area contributed by atoms with Crippen LogP contribution in [-0.2, 0) is 11.3 Å². The molecule has 0 aliphatic rings. The third-order valence-electron chi connectivity index (χ3n) is 2.03. The van der Waals surface area contributed by atoms with Crippen molar-refractivity contribution in [3.8, 4) is 0 Å². The van der Waals surface area contributed by atoms with Crippen molar-refractivity contribution in [2.24, 2.45) is 0 Å². The summed E-state index contributed by atoms with van der Waals surface area (Å²) in [5.74, 6) is -0.345. The Morgan fingerprint density at radius 3 is 2.79 bits per heavy atom. The van der Waals surface area contributed by atoms with Crippen molar-refractivity contribution in [1.82, 2.24) is 0 Å². The van der Waals surface area contributed by atoms with Crippen LogP contribution in [0.3, 0.4) is 0 Å². The number of esters is 1. The number of carbonyl (C=O) groups is 1. The fourth-order valence-corrected chi connectivity index (χ4v) is 1.18. The minimum absolute atomic E-state index is 0.0565. The first-order chi connectivity index (χ1) is 6.69. The summed E-state index contributed by atoms with van der Waals surface area (Å²) in [6, 6.07) is 5.16. The van der Waals surface area contributed by atoms with Crippen molar-refractivity contribution in [2.45, 2.75) is 20.5 Å². The van der Waals surface area contributed by atoms with Crippen molar-refractivity contribution >= 4 is 5.97 Å². The summed E-state index contributed by atoms with van der Waals surface area (Å²) in [4.78, 5) is 11.3. The van der Waals surface area contributed by atoms with E-state index in [-0.39, 0.29) is 12.6 Å². The second-order valence-corrected chi connectivity index (χ2v) is 3.02. The number of aliphatic hydroxyl groups excluding tert-OH is 1. The maximum atomic E-state index is 11.3. The van der Waals surface area contributed by atoms with E-state index in [1.807, 2.05) is 6.92 Å². The molecule has 76 valence electrons. The Bertz CT molecular complexity index is 331. The molecule has 0 fully saturated rings. The maximum Gasteiger partial charge on any atom is 0.338 e. The predicted octanol–water partition coefficient (Wildman–Crippen LogP) is 1.66. The molecule has 3 nitrogen and oxygen atoms in total. The minimum atomic E-state index is -0.345. The zero-order valence-electron chi connectivity index (χ0n) is 8.41. The average molecular weight is 194 g/mol. The van der Waals surface area contributed by atoms with Crippen LogP contribution in [0.15, 0.2) is 18.2 Å². The second-order valence-electron chi connectivity index (χ2n) is 3.02. The summed E-state index contributed by atoms with van der Waals surface area (Å²) >= 11 is 0. The van der Waals surface area contributed by atoms with Crippen molar-refractivity contribution in [3.63, 3.8) is 0 Å². The van der Waals surface area contributed by atoms with Gasteiger partial charge in [-0.15, -0.1) is 0 Å². The molecule has 1 N–H and O–H groups in total. The van der Waals surface area contributed by atoms with Crippen molar-refractivity contribution in [2.75, 3.05) is 6.61 Å². The number of aliphatic hydroxyl groups is 1. The van der Waals surface area contributed by atoms with Gasteiger partial charge in [-0.25, -0.2) is 4.79 Å². The summed E-state index contributed by atoms with van der Waals surface area (Å²) in [6.07, 6.45) is 0. The quantitative estimate of drug-likeness (QED) is 0.744. The van der Waals surface area contributed by atoms with Crippen LogP contribution in [0.1, 0.15) is 28.4 Å². The molecule has 0 unspecified atom stereocenters. The van der Waals surface area contributed by atoms with E-state index in [1.54, 1.807) is 25.1 Å². The van der Waals surface area contributed by atoms with Crippen LogP contribution in [0, 0.1) is 6.92 Å². The fraction of sp³-hybridized carbons (Fsp3) is 0.364. The van der Waals surface area contributed by atoms with Gasteiger partial charge < -0.3 is 9.84 Å². The number of ether oxygens (including phenoxy) is 1. The first-order valence-electron chi connectivity index (χ1n) is 4.56. The summed E-state index contributed by atoms with van der Waals surface area (Å²) in [6.45, 7) is 3.96. The van der Waals surface area contributed by atoms with Gasteiger partial charge in [-0.2, -0.15) is 0 Å². The first-order valence-corrected chi connectivity index (χ1v) is 4.56. The third kappa shape index (κ3) is 2.33. The Morgan fingerprint density at radius 1 is 1.50 bits per heavy atom. The van der Waals surface area contributed by atoms with Gasteiger partial charge in [0.05, 0.1) is 18.8 Å². The molecular weight excluding hydrogens is 180 g/mol. The molecule has 1 aromatic carbocycles. The Labute approximate surface area is 83.3 Å². The monoisotopic (exact) mass is 194 g/mol. The zero-order valence-corrected chi connectivity index (χ0v) is 8.41. The van der Waals surface area contributed by atoms with Crippen LogP contribution in [0.5, 0.6) is 0 Å². The standard InChI is InChI=1S/C11H14O3/c1-3-14-11(13)9-5-4-8(2)10(6-9)7-12/h4-6,12H,3,7H2,1-2H3. The first kappa shape index (κ1) is 10.7. The smallest absolute Gasteiger partial charge is 0.338 e. The molecule has 0 saturated heterocycles. The lowest BCUT2D eigenvalue weighted by Crippen LogP contribution is -2.05. The Hall–Kier alpha value is -1.35. The number of benzene rings is 1. The molecule has 0 aliphatic carbocycles. The summed E-state index contributed by atoms with van der Waals surface area (Å²) in [5, 5.41) is 9.00. The summed E-state index contributed by atoms with van der Waals surface area (Å²) in [7, 11) is 0. The highest BCUT2D eigenvalue weighted by atomic mass is 16.5. The van der Waals surface area contributed by atoms with Gasteiger partial charge in [0.1, 0.15) is 0 Å². The van der Waals surface area contributed by atoms with Gasteiger partial charge in [0.15, 0.2) is 0 Å². The normalized spacial score (nSPS) is 9.93. The highest BCUT2D eigenvalue weighted by Crippen LogP contribution is 2.12. The molecule has 1 aromatic rings. The van der Waals surface area contributed by atoms with Crippen LogP contribution in [0.2, 0.25) is 0 Å². The van der Waals surface area contributed by atoms with Gasteiger partial charge in [0.25, 0.3) is 0 Å². The Balaban J connectivity index is 2.94. The molecule has 0 aromatic heterocycles. The van der Waals surface area contributed by atoms with Gasteiger partial charge in [0.2, 0.25) is 0 Å². The van der Waals surface area contributed by atoms with Gasteiger partial charge in [-0.05, 0) is 37.1 Å². The second kappa shape index (κ2) is 4.77. The van der Waals surface area contributed by atoms with Crippen molar-refractivity contribution < 1.29 is 14.6 Å². The van der Waals surface area contributed by atoms with E-state index in [1.165, 1.54) is 0 Å². The molecule has 3 heteroatoms. The largest absolute Gasteiger partial charge is 0.462 e. The van der Waals surface area contributed by atoms with Gasteiger partial charge in [0, 0.05) is 0 Å². The molecule has 0 atom stereocenters. The number of carbonyl (C=O) groups excluding carboxylic acids is 1. The number of aryl methyl sites for hydroxylation is 1. The molecule has 0 saturated carbocycles. The number of hydrogen-bond acceptors (Lipinski definition) is 3. The molecule has 0 spiro atoms. The van der Waals surface area contributed by atoms with Crippen LogP contribution in [0.25, 0.3) is 0 Å². The van der Waals surface area contributed by atoms with Crippen molar-refractivity contribution in [1.29, 1.82) is 0 Å². The topological polar surface area (TPSA) is 46.5 Å². The van der Waals surface area contributed by atoms with E-state index in [0.717, 1.165) is 11.1 Å². The lowest BCUT2D eigenvalue weighted by molar-refractivity contribution is 0.0526. The average Bonchev–Trinajstić information content (AvgIpc) is 2.19. The van der Waals surface area contributed by atoms with E-state index >= 15 is 0 Å². The minimum Gasteiger partial charge on any atom is -0.462 e. The van der Waals surface area contributed by atoms with Crippen LogP contribution >= 0.6 is 0 Å². The van der Waals surface area contributed by atoms with Crippen LogP contribution in [-0.4, -0.2) is 17.7 Å². The van der Waals surface area contributed by atoms with E-state index in [2.05, 4.69) is 0 Å². The zero-order chi connectivity index (χ0) is 10.6. The van der Waals surface area contributed by atoms with E-state index in [4.69, 9.17) is 9.84 Å². The summed E-state index contributed by atoms with van der Waals surface area (Å²) < 4.78 is 4.85. The Kier molecular flexibility index (Phi) is 3.65. The predicted molar refractivity (Wildman–Crippen MR) is 53.1 cm³/mol. The van der Waals surface area contributed by atoms with Gasteiger partial charge in [-0.3, -0.25) is 0 Å². The van der Waals surface area contributed by atoms with E-state index in [0.29, 0.717) is 12.2 Å². The maximum absolute atomic E-state index is 11.3. The number of rotatable bonds is 3. The Morgan fingerprint density at radius 2 is 2.21 bits per heavy atom. The molecule has 0 bridgehead atoms. The molecule has 14 heavy (non-hydrogen) atoms. The van der Waals surface area contributed by atoms with E-state index < -0.39 is 0 Å².